The van der Waals surface area contributed by atoms with E-state index in [0.717, 1.165) is 103 Å². The van der Waals surface area contributed by atoms with Crippen LogP contribution in [0.4, 0.5) is 0 Å². The molecule has 10 heteroatoms. The van der Waals surface area contributed by atoms with Gasteiger partial charge in [-0.25, -0.2) is 0 Å². The van der Waals surface area contributed by atoms with Gasteiger partial charge in [-0.05, 0) is 83.1 Å². The highest BCUT2D eigenvalue weighted by Gasteiger charge is 2.27. The third-order valence-corrected chi connectivity index (χ3v) is 17.1. The van der Waals surface area contributed by atoms with Gasteiger partial charge in [0.2, 0.25) is 5.91 Å². The zero-order valence-electron chi connectivity index (χ0n) is 57.3. The Morgan fingerprint density at radius 3 is 1.12 bits per heavy atom. The van der Waals surface area contributed by atoms with E-state index in [2.05, 4.69) is 99.0 Å². The number of carbonyl (C=O) groups is 2. The molecule has 0 spiro atoms. The molecule has 1 N–H and O–H groups in total. The maximum atomic E-state index is 13.6. The molecule has 0 aliphatic heterocycles. The molecule has 0 radical (unpaired) electrons. The molecule has 0 aliphatic rings. The highest BCUT2D eigenvalue weighted by Crippen LogP contribution is 2.38. The lowest BCUT2D eigenvalue weighted by Crippen LogP contribution is -2.47. The Morgan fingerprint density at radius 1 is 0.419 bits per heavy atom. The third kappa shape index (κ3) is 65.6. The maximum absolute atomic E-state index is 13.6. The molecule has 9 nitrogen and oxygen atoms in total. The second-order valence-corrected chi connectivity index (χ2v) is 27.1. The Morgan fingerprint density at radius 2 is 0.744 bits per heavy atom. The van der Waals surface area contributed by atoms with Gasteiger partial charge in [0.25, 0.3) is 7.82 Å². The number of nitrogens with one attached hydrogen (secondary N) is 1. The van der Waals surface area contributed by atoms with Crippen molar-refractivity contribution in [3.63, 3.8) is 0 Å². The molecule has 0 aliphatic carbocycles. The molecule has 0 bridgehead atoms. The van der Waals surface area contributed by atoms with Crippen LogP contribution >= 0.6 is 7.82 Å². The van der Waals surface area contributed by atoms with Gasteiger partial charge in [0.05, 0.1) is 33.8 Å². The Kier molecular flexibility index (Phi) is 63.0. The molecule has 0 saturated heterocycles. The number of hydrogen-bond acceptors (Lipinski definition) is 7. The van der Waals surface area contributed by atoms with E-state index in [1.807, 2.05) is 33.3 Å². The molecule has 0 heterocycles. The number of unbranched alkanes of at least 4 members (excludes halogenated alkanes) is 38. The van der Waals surface area contributed by atoms with E-state index in [0.29, 0.717) is 17.4 Å². The summed E-state index contributed by atoms with van der Waals surface area (Å²) in [6.07, 6.45) is 87.2. The Balaban J connectivity index is 5.08. The first-order chi connectivity index (χ1) is 41.9. The summed E-state index contributed by atoms with van der Waals surface area (Å²) in [4.78, 5) is 40.2. The first-order valence-electron chi connectivity index (χ1n) is 36.4. The van der Waals surface area contributed by atoms with Gasteiger partial charge in [0.15, 0.2) is 0 Å². The van der Waals surface area contributed by atoms with Crippen molar-refractivity contribution in [2.45, 2.75) is 348 Å². The van der Waals surface area contributed by atoms with Crippen LogP contribution in [0, 0.1) is 0 Å². The number of rotatable bonds is 66. The fraction of sp³-hybridized carbons (Fsp3) is 0.789. The van der Waals surface area contributed by atoms with Crippen LogP contribution in [0.15, 0.2) is 85.1 Å². The van der Waals surface area contributed by atoms with Gasteiger partial charge in [-0.15, -0.1) is 0 Å². The Hall–Kier alpha value is -2.81. The molecule has 0 rings (SSSR count). The normalized spacial score (nSPS) is 14.0. The van der Waals surface area contributed by atoms with Crippen molar-refractivity contribution in [1.82, 2.24) is 5.32 Å². The summed E-state index contributed by atoms with van der Waals surface area (Å²) in [5, 5.41) is 3.03. The number of amides is 1. The highest BCUT2D eigenvalue weighted by atomic mass is 31.2. The summed E-state index contributed by atoms with van der Waals surface area (Å²) in [6, 6.07) is -0.906. The summed E-state index contributed by atoms with van der Waals surface area (Å²) in [5.74, 6) is -0.560. The molecule has 3 unspecified atom stereocenters. The van der Waals surface area contributed by atoms with Crippen molar-refractivity contribution in [2.75, 3.05) is 40.9 Å². The second-order valence-electron chi connectivity index (χ2n) is 25.7. The van der Waals surface area contributed by atoms with Gasteiger partial charge >= 0.3 is 5.97 Å². The molecule has 3 atom stereocenters. The van der Waals surface area contributed by atoms with E-state index in [1.165, 1.54) is 193 Å². The molecule has 500 valence electrons. The second kappa shape index (κ2) is 65.2. The summed E-state index contributed by atoms with van der Waals surface area (Å²) in [5.41, 5.74) is 0. The Labute approximate surface area is 533 Å². The number of ether oxygens (including phenoxy) is 1. The van der Waals surface area contributed by atoms with Crippen molar-refractivity contribution < 1.29 is 37.3 Å². The number of carbonyl (C=O) groups excluding carboxylic acids is 2. The number of nitrogens with zero attached hydrogens (tertiary/aromatic N) is 1. The third-order valence-electron chi connectivity index (χ3n) is 16.1. The predicted octanol–water partition coefficient (Wildman–Crippen LogP) is 22.7. The summed E-state index contributed by atoms with van der Waals surface area (Å²) >= 11 is 0. The fourth-order valence-corrected chi connectivity index (χ4v) is 11.3. The molecule has 0 aromatic rings. The molecular formula is C76H139N2O7P. The zero-order chi connectivity index (χ0) is 62.8. The van der Waals surface area contributed by atoms with Crippen LogP contribution in [-0.4, -0.2) is 69.4 Å². The SMILES string of the molecule is CC/C=C\C/C=C\C/C=C\C/C=C\C/C=C\C/C=C\CCCCCCC(=O)NC(COP(=O)([O-])OCC[N+](C)(C)C)C(/C=C/CCCCCCCCCCCC)OC(=O)CCCCCCCCCCCCCCCCCCCCCCCCCCC. The van der Waals surface area contributed by atoms with E-state index in [4.69, 9.17) is 13.8 Å². The molecule has 0 aromatic carbocycles. The first kappa shape index (κ1) is 83.2. The minimum Gasteiger partial charge on any atom is -0.756 e. The molecular weight excluding hydrogens is 1080 g/mol. The number of allylic oxidation sites excluding steroid dienone is 13. The lowest BCUT2D eigenvalue weighted by molar-refractivity contribution is -0.870. The first-order valence-corrected chi connectivity index (χ1v) is 37.9. The van der Waals surface area contributed by atoms with Crippen LogP contribution in [0.5, 0.6) is 0 Å². The molecule has 0 saturated carbocycles. The summed E-state index contributed by atoms with van der Waals surface area (Å²) in [7, 11) is 1.17. The van der Waals surface area contributed by atoms with Gasteiger partial charge < -0.3 is 28.5 Å². The number of hydrogen-bond donors (Lipinski definition) is 1. The van der Waals surface area contributed by atoms with E-state index < -0.39 is 26.6 Å². The van der Waals surface area contributed by atoms with Crippen molar-refractivity contribution in [3.05, 3.63) is 85.1 Å². The quantitative estimate of drug-likeness (QED) is 0.0212. The lowest BCUT2D eigenvalue weighted by atomic mass is 10.0. The minimum atomic E-state index is -4.72. The maximum Gasteiger partial charge on any atom is 0.306 e. The van der Waals surface area contributed by atoms with Gasteiger partial charge in [-0.1, -0.05) is 324 Å². The molecule has 0 fully saturated rings. The number of esters is 1. The van der Waals surface area contributed by atoms with E-state index in [1.54, 1.807) is 0 Å². The molecule has 1 amide bonds. The lowest BCUT2D eigenvalue weighted by Gasteiger charge is -2.30. The number of phosphoric acid groups is 1. The Bertz CT molecular complexity index is 1750. The van der Waals surface area contributed by atoms with Gasteiger partial charge in [-0.3, -0.25) is 14.2 Å². The fourth-order valence-electron chi connectivity index (χ4n) is 10.5. The summed E-state index contributed by atoms with van der Waals surface area (Å²) in [6.45, 7) is 6.75. The van der Waals surface area contributed by atoms with Crippen LogP contribution in [0.25, 0.3) is 0 Å². The van der Waals surface area contributed by atoms with Crippen LogP contribution in [0.1, 0.15) is 335 Å². The monoisotopic (exact) mass is 1220 g/mol. The number of quaternary nitrogens is 1. The van der Waals surface area contributed by atoms with Crippen LogP contribution in [-0.2, 0) is 27.9 Å². The van der Waals surface area contributed by atoms with Gasteiger partial charge in [0, 0.05) is 12.8 Å². The smallest absolute Gasteiger partial charge is 0.306 e. The van der Waals surface area contributed by atoms with Gasteiger partial charge in [-0.2, -0.15) is 0 Å². The number of phosphoric ester groups is 1. The van der Waals surface area contributed by atoms with Gasteiger partial charge in [0.1, 0.15) is 19.3 Å². The van der Waals surface area contributed by atoms with Crippen molar-refractivity contribution >= 4 is 19.7 Å². The minimum absolute atomic E-state index is 0.0296. The zero-order valence-corrected chi connectivity index (χ0v) is 58.2. The van der Waals surface area contributed by atoms with E-state index in [-0.39, 0.29) is 31.3 Å². The van der Waals surface area contributed by atoms with Crippen molar-refractivity contribution in [3.8, 4) is 0 Å². The average molecular weight is 1220 g/mol. The van der Waals surface area contributed by atoms with E-state index in [9.17, 15) is 19.0 Å². The highest BCUT2D eigenvalue weighted by molar-refractivity contribution is 7.45. The number of likely N-dealkylation sites (N-methyl/N-ethyl adjacent to an activating group) is 1. The van der Waals surface area contributed by atoms with Crippen LogP contribution < -0.4 is 10.2 Å². The standard InChI is InChI=1S/C76H139N2O7P/c1-7-10-13-16-19-22-25-28-30-32-34-36-38-39-41-43-45-47-49-51-54-57-60-63-66-69-76(80)85-74(67-64-61-58-55-52-27-24-21-18-15-12-9-3)73(72-84-86(81,82)83-71-70-78(4,5)6)77-75(79)68-65-62-59-56-53-50-48-46-44-42-40-37-35-33-31-29-26-23-20-17-14-11-8-2/h11,14,20,23,29,31,35,37,42,44,48,50,64,67,73-74H,7-10,12-13,15-19,21-22,24-28,30,32-34,36,38-41,43,45-47,49,51-63,65-66,68-72H2,1-6H3,(H-,77,79,81,82)/b14-11-,23-20-,31-29-,37-35-,44-42-,50-48-,67-64+. The molecule has 86 heavy (non-hydrogen) atoms. The molecule has 0 aromatic heterocycles. The summed E-state index contributed by atoms with van der Waals surface area (Å²) < 4.78 is 30.4. The largest absolute Gasteiger partial charge is 0.756 e. The van der Waals surface area contributed by atoms with Crippen molar-refractivity contribution in [1.29, 1.82) is 0 Å². The predicted molar refractivity (Wildman–Crippen MR) is 371 cm³/mol. The van der Waals surface area contributed by atoms with E-state index >= 15 is 0 Å². The van der Waals surface area contributed by atoms with Crippen LogP contribution in [0.2, 0.25) is 0 Å². The topological polar surface area (TPSA) is 114 Å². The van der Waals surface area contributed by atoms with Crippen LogP contribution in [0.3, 0.4) is 0 Å². The average Bonchev–Trinajstić information content (AvgIpc) is 3.66. The van der Waals surface area contributed by atoms with Crippen molar-refractivity contribution in [2.24, 2.45) is 0 Å².